The maximum absolute atomic E-state index is 12.2. The third-order valence-electron chi connectivity index (χ3n) is 8.27. The minimum Gasteiger partial charge on any atom is -0.481 e. The summed E-state index contributed by atoms with van der Waals surface area (Å²) in [6.45, 7) is 0. The number of rotatable bonds is 7. The van der Waals surface area contributed by atoms with Crippen LogP contribution in [0.15, 0.2) is 24.8 Å². The van der Waals surface area contributed by atoms with E-state index in [-0.39, 0.29) is 17.9 Å². The fraction of sp³-hybridized carbons (Fsp3) is 0.560. The van der Waals surface area contributed by atoms with E-state index in [0.717, 1.165) is 53.9 Å². The van der Waals surface area contributed by atoms with Crippen LogP contribution in [-0.4, -0.2) is 54.1 Å². The number of aliphatic carboxylic acids is 1. The smallest absolute Gasteiger partial charge is 0.308 e. The molecule has 34 heavy (non-hydrogen) atoms. The van der Waals surface area contributed by atoms with Gasteiger partial charge in [-0.25, -0.2) is 19.9 Å². The Morgan fingerprint density at radius 3 is 2.47 bits per heavy atom. The van der Waals surface area contributed by atoms with Crippen molar-refractivity contribution in [1.82, 2.24) is 24.9 Å². The summed E-state index contributed by atoms with van der Waals surface area (Å²) in [5.74, 6) is 1.86. The molecule has 5 saturated carbocycles. The van der Waals surface area contributed by atoms with Gasteiger partial charge in [-0.3, -0.25) is 4.79 Å². The Bertz CT molecular complexity index is 1230. The summed E-state index contributed by atoms with van der Waals surface area (Å²) in [6.07, 6.45) is 14.2. The second-order valence-electron chi connectivity index (χ2n) is 10.5. The number of nitrogens with one attached hydrogen (secondary N) is 2. The van der Waals surface area contributed by atoms with Gasteiger partial charge in [-0.2, -0.15) is 0 Å². The maximum Gasteiger partial charge on any atom is 0.308 e. The zero-order valence-corrected chi connectivity index (χ0v) is 19.0. The van der Waals surface area contributed by atoms with Crippen LogP contribution in [0.5, 0.6) is 0 Å². The normalized spacial score (nSPS) is 28.2. The summed E-state index contributed by atoms with van der Waals surface area (Å²) in [6, 6.07) is 3.05. The van der Waals surface area contributed by atoms with Gasteiger partial charge in [0.05, 0.1) is 5.92 Å². The Morgan fingerprint density at radius 1 is 1.03 bits per heavy atom. The number of anilines is 2. The van der Waals surface area contributed by atoms with Crippen molar-refractivity contribution in [3.05, 3.63) is 24.8 Å². The van der Waals surface area contributed by atoms with Crippen LogP contribution in [0.2, 0.25) is 0 Å². The average molecular weight is 460 g/mol. The van der Waals surface area contributed by atoms with Crippen LogP contribution in [0.3, 0.4) is 0 Å². The molecule has 0 saturated heterocycles. The highest BCUT2D eigenvalue weighted by Gasteiger charge is 2.47. The number of H-pyrrole nitrogens is 1. The lowest BCUT2D eigenvalue weighted by Crippen LogP contribution is -2.51. The largest absolute Gasteiger partial charge is 0.481 e. The summed E-state index contributed by atoms with van der Waals surface area (Å²) in [4.78, 5) is 36.4. The van der Waals surface area contributed by atoms with Crippen molar-refractivity contribution in [3.63, 3.8) is 0 Å². The molecule has 9 heteroatoms. The monoisotopic (exact) mass is 459 g/mol. The minimum absolute atomic E-state index is 0.0952. The number of hydrogen-bond acceptors (Lipinski definition) is 7. The lowest BCUT2D eigenvalue weighted by Gasteiger charge is -2.47. The molecule has 2 bridgehead atoms. The van der Waals surface area contributed by atoms with Crippen molar-refractivity contribution >= 4 is 28.6 Å². The molecule has 0 radical (unpaired) electrons. The van der Waals surface area contributed by atoms with Crippen LogP contribution in [0.1, 0.15) is 51.4 Å². The van der Waals surface area contributed by atoms with Crippen LogP contribution >= 0.6 is 0 Å². The fourth-order valence-corrected chi connectivity index (χ4v) is 6.37. The zero-order valence-electron chi connectivity index (χ0n) is 19.0. The molecular formula is C25H29N7O2. The highest BCUT2D eigenvalue weighted by molar-refractivity contribution is 5.91. The van der Waals surface area contributed by atoms with Gasteiger partial charge in [0.2, 0.25) is 0 Å². The number of hydrogen-bond donors (Lipinski definition) is 3. The number of aromatic nitrogens is 5. The quantitative estimate of drug-likeness (QED) is 0.487. The second-order valence-corrected chi connectivity index (χ2v) is 10.5. The van der Waals surface area contributed by atoms with E-state index in [2.05, 4.69) is 25.2 Å². The average Bonchev–Trinajstić information content (AvgIpc) is 3.79. The molecule has 2 unspecified atom stereocenters. The third-order valence-corrected chi connectivity index (χ3v) is 8.27. The molecule has 3 aromatic heterocycles. The first kappa shape index (κ1) is 20.2. The number of aromatic amines is 1. The molecule has 0 aromatic carbocycles. The molecule has 2 atom stereocenters. The van der Waals surface area contributed by atoms with Gasteiger partial charge in [0, 0.05) is 47.5 Å². The minimum atomic E-state index is -0.687. The fourth-order valence-electron chi connectivity index (χ4n) is 6.37. The molecule has 176 valence electrons. The van der Waals surface area contributed by atoms with E-state index < -0.39 is 5.97 Å². The van der Waals surface area contributed by atoms with Crippen LogP contribution in [0, 0.1) is 17.8 Å². The Morgan fingerprint density at radius 2 is 1.76 bits per heavy atom. The molecule has 5 aliphatic rings. The van der Waals surface area contributed by atoms with E-state index >= 15 is 0 Å². The molecule has 0 amide bonds. The van der Waals surface area contributed by atoms with E-state index in [1.807, 2.05) is 12.3 Å². The molecule has 0 aliphatic heterocycles. The van der Waals surface area contributed by atoms with Crippen LogP contribution in [-0.2, 0) is 4.79 Å². The van der Waals surface area contributed by atoms with Gasteiger partial charge in [-0.1, -0.05) is 0 Å². The second kappa shape index (κ2) is 7.65. The van der Waals surface area contributed by atoms with Gasteiger partial charge in [-0.05, 0) is 63.2 Å². The molecule has 0 spiro atoms. The van der Waals surface area contributed by atoms with E-state index in [4.69, 9.17) is 9.97 Å². The number of carbonyl (C=O) groups is 1. The lowest BCUT2D eigenvalue weighted by molar-refractivity contribution is -0.148. The lowest BCUT2D eigenvalue weighted by atomic mass is 9.61. The SMILES string of the molecule is O=C(O)C1C2CCC(CC2)C1Nc1cc(N(C2CC2)C2CC2)nc(-c2c[nH]c3ncncc23)n1. The van der Waals surface area contributed by atoms with Crippen LogP contribution < -0.4 is 10.2 Å². The molecule has 5 aliphatic carbocycles. The van der Waals surface area contributed by atoms with Gasteiger partial charge < -0.3 is 20.3 Å². The predicted molar refractivity (Wildman–Crippen MR) is 127 cm³/mol. The first-order valence-corrected chi connectivity index (χ1v) is 12.6. The molecule has 3 aromatic rings. The number of nitrogens with zero attached hydrogens (tertiary/aromatic N) is 5. The van der Waals surface area contributed by atoms with Crippen molar-refractivity contribution in [2.45, 2.75) is 69.5 Å². The number of carboxylic acids is 1. The predicted octanol–water partition coefficient (Wildman–Crippen LogP) is 3.85. The van der Waals surface area contributed by atoms with E-state index in [1.165, 1.54) is 32.0 Å². The number of carboxylic acid groups (broad SMARTS) is 1. The van der Waals surface area contributed by atoms with Crippen LogP contribution in [0.25, 0.3) is 22.4 Å². The van der Waals surface area contributed by atoms with Crippen molar-refractivity contribution in [2.75, 3.05) is 10.2 Å². The molecule has 8 rings (SSSR count). The van der Waals surface area contributed by atoms with Crippen molar-refractivity contribution in [1.29, 1.82) is 0 Å². The molecule has 9 nitrogen and oxygen atoms in total. The molecule has 3 heterocycles. The van der Waals surface area contributed by atoms with E-state index in [0.29, 0.717) is 23.8 Å². The van der Waals surface area contributed by atoms with Crippen molar-refractivity contribution in [3.8, 4) is 11.4 Å². The Labute approximate surface area is 197 Å². The zero-order chi connectivity index (χ0) is 22.8. The van der Waals surface area contributed by atoms with Gasteiger partial charge in [0.15, 0.2) is 5.82 Å². The topological polar surface area (TPSA) is 120 Å². The molecule has 5 fully saturated rings. The van der Waals surface area contributed by atoms with E-state index in [1.54, 1.807) is 6.20 Å². The highest BCUT2D eigenvalue weighted by Crippen LogP contribution is 2.47. The van der Waals surface area contributed by atoms with Gasteiger partial charge >= 0.3 is 5.97 Å². The molecule has 3 N–H and O–H groups in total. The Hall–Kier alpha value is -3.23. The summed E-state index contributed by atoms with van der Waals surface area (Å²) in [7, 11) is 0. The first-order valence-electron chi connectivity index (χ1n) is 12.6. The third kappa shape index (κ3) is 3.40. The maximum atomic E-state index is 12.2. The van der Waals surface area contributed by atoms with E-state index in [9.17, 15) is 9.90 Å². The standard InChI is InChI=1S/C25H29N7O2/c33-25(34)21-13-1-3-14(4-2-13)22(21)29-19-9-20(32(15-5-6-15)16-7-8-16)31-24(30-19)18-11-27-23-17(18)10-26-12-28-23/h9-16,21-22H,1-8H2,(H,33,34)(H,26,27,28)(H,29,30,31). The van der Waals surface area contributed by atoms with Gasteiger partial charge in [0.25, 0.3) is 0 Å². The van der Waals surface area contributed by atoms with Gasteiger partial charge in [-0.15, -0.1) is 0 Å². The molecular weight excluding hydrogens is 430 g/mol. The van der Waals surface area contributed by atoms with Crippen molar-refractivity contribution in [2.24, 2.45) is 17.8 Å². The van der Waals surface area contributed by atoms with Gasteiger partial charge in [0.1, 0.15) is 23.6 Å². The highest BCUT2D eigenvalue weighted by atomic mass is 16.4. The Balaban J connectivity index is 1.31. The first-order chi connectivity index (χ1) is 16.7. The summed E-state index contributed by atoms with van der Waals surface area (Å²) in [5.41, 5.74) is 1.62. The summed E-state index contributed by atoms with van der Waals surface area (Å²) < 4.78 is 0. The Kier molecular flexibility index (Phi) is 4.54. The van der Waals surface area contributed by atoms with Crippen LogP contribution in [0.4, 0.5) is 11.6 Å². The summed E-state index contributed by atoms with van der Waals surface area (Å²) >= 11 is 0. The number of fused-ring (bicyclic) bond motifs is 4. The summed E-state index contributed by atoms with van der Waals surface area (Å²) in [5, 5.41) is 14.5. The van der Waals surface area contributed by atoms with Crippen molar-refractivity contribution < 1.29 is 9.90 Å².